The van der Waals surface area contributed by atoms with Crippen LogP contribution in [0.5, 0.6) is 0 Å². The van der Waals surface area contributed by atoms with Crippen molar-refractivity contribution >= 4 is 12.1 Å². The van der Waals surface area contributed by atoms with Crippen LogP contribution in [-0.4, -0.2) is 82.7 Å². The molecule has 2 aromatic rings. The SMILES string of the molecule is CC1CC1N(C(=O)OCc1ccccc1)C1CCN(CC2CN(C(C(=O)O)C3CCCCC3)CC2c2ccccc2)CC1. The fourth-order valence-corrected chi connectivity index (χ4v) is 8.25. The number of carbonyl (C=O) groups is 2. The molecule has 7 heteroatoms. The molecule has 0 bridgehead atoms. The van der Waals surface area contributed by atoms with Gasteiger partial charge in [0.1, 0.15) is 12.6 Å². The standard InChI is InChI=1S/C36H49N3O4/c1-26-21-33(26)39(36(42)43-25-27-11-5-2-6-12-27)31-17-19-37(20-18-31)22-30-23-38(24-32(30)28-13-7-3-8-14-28)34(35(40)41)29-15-9-4-10-16-29/h2-3,5-8,11-14,26,29-34H,4,9-10,15-25H2,1H3,(H,40,41). The third kappa shape index (κ3) is 7.26. The maximum Gasteiger partial charge on any atom is 0.410 e. The summed E-state index contributed by atoms with van der Waals surface area (Å²) in [4.78, 5) is 32.9. The number of benzene rings is 2. The maximum absolute atomic E-state index is 13.3. The molecule has 5 atom stereocenters. The average molecular weight is 588 g/mol. The second kappa shape index (κ2) is 13.8. The van der Waals surface area contributed by atoms with E-state index in [9.17, 15) is 14.7 Å². The first-order valence-corrected chi connectivity index (χ1v) is 16.7. The monoisotopic (exact) mass is 587 g/mol. The zero-order valence-corrected chi connectivity index (χ0v) is 25.7. The van der Waals surface area contributed by atoms with Gasteiger partial charge in [-0.15, -0.1) is 0 Å². The molecule has 232 valence electrons. The molecule has 2 aromatic carbocycles. The molecule has 4 fully saturated rings. The Hall–Kier alpha value is -2.90. The molecular formula is C36H49N3O4. The molecule has 0 aromatic heterocycles. The number of ether oxygens (including phenoxy) is 1. The van der Waals surface area contributed by atoms with E-state index in [4.69, 9.17) is 4.74 Å². The van der Waals surface area contributed by atoms with Crippen LogP contribution < -0.4 is 0 Å². The predicted octanol–water partition coefficient (Wildman–Crippen LogP) is 6.25. The number of piperidine rings is 1. The number of hydrogen-bond acceptors (Lipinski definition) is 5. The number of likely N-dealkylation sites (tertiary alicyclic amines) is 2. The molecule has 2 saturated heterocycles. The van der Waals surface area contributed by atoms with Crippen molar-refractivity contribution in [2.24, 2.45) is 17.8 Å². The van der Waals surface area contributed by atoms with E-state index in [0.29, 0.717) is 30.4 Å². The Morgan fingerprint density at radius 1 is 0.930 bits per heavy atom. The van der Waals surface area contributed by atoms with E-state index >= 15 is 0 Å². The number of nitrogens with zero attached hydrogens (tertiary/aromatic N) is 3. The van der Waals surface area contributed by atoms with Crippen molar-refractivity contribution < 1.29 is 19.4 Å². The molecule has 7 nitrogen and oxygen atoms in total. The Kier molecular flexibility index (Phi) is 9.68. The molecule has 6 rings (SSSR count). The van der Waals surface area contributed by atoms with E-state index in [1.165, 1.54) is 12.0 Å². The molecule has 43 heavy (non-hydrogen) atoms. The molecule has 4 aliphatic rings. The molecule has 2 aliphatic heterocycles. The lowest BCUT2D eigenvalue weighted by Crippen LogP contribution is -2.50. The van der Waals surface area contributed by atoms with Gasteiger partial charge in [-0.3, -0.25) is 9.69 Å². The van der Waals surface area contributed by atoms with Crippen LogP contribution in [0.3, 0.4) is 0 Å². The van der Waals surface area contributed by atoms with E-state index in [1.807, 2.05) is 30.3 Å². The van der Waals surface area contributed by atoms with E-state index in [1.54, 1.807) is 0 Å². The van der Waals surface area contributed by atoms with Crippen molar-refractivity contribution in [3.8, 4) is 0 Å². The molecular weight excluding hydrogens is 538 g/mol. The summed E-state index contributed by atoms with van der Waals surface area (Å²) in [6.07, 6.45) is 8.40. The zero-order valence-electron chi connectivity index (χ0n) is 25.7. The Balaban J connectivity index is 1.09. The van der Waals surface area contributed by atoms with Crippen LogP contribution in [-0.2, 0) is 16.1 Å². The second-order valence-electron chi connectivity index (χ2n) is 13.7. The van der Waals surface area contributed by atoms with Crippen LogP contribution in [0.4, 0.5) is 4.79 Å². The second-order valence-corrected chi connectivity index (χ2v) is 13.7. The Bertz CT molecular complexity index is 1200. The molecule has 1 N–H and O–H groups in total. The van der Waals surface area contributed by atoms with Gasteiger partial charge in [0.05, 0.1) is 0 Å². The topological polar surface area (TPSA) is 73.3 Å². The first-order chi connectivity index (χ1) is 21.0. The summed E-state index contributed by atoms with van der Waals surface area (Å²) >= 11 is 0. The van der Waals surface area contributed by atoms with Crippen molar-refractivity contribution in [2.45, 2.75) is 88.9 Å². The van der Waals surface area contributed by atoms with Gasteiger partial charge in [0.15, 0.2) is 0 Å². The highest BCUT2D eigenvalue weighted by molar-refractivity contribution is 5.74. The predicted molar refractivity (Wildman–Crippen MR) is 168 cm³/mol. The van der Waals surface area contributed by atoms with Gasteiger partial charge in [-0.25, -0.2) is 4.79 Å². The summed E-state index contributed by atoms with van der Waals surface area (Å²) in [5.41, 5.74) is 2.34. The van der Waals surface area contributed by atoms with E-state index in [-0.39, 0.29) is 24.1 Å². The molecule has 0 spiro atoms. The highest BCUT2D eigenvalue weighted by Gasteiger charge is 2.46. The zero-order chi connectivity index (χ0) is 29.8. The lowest BCUT2D eigenvalue weighted by molar-refractivity contribution is -0.145. The average Bonchev–Trinajstić information content (AvgIpc) is 3.60. The number of carbonyl (C=O) groups excluding carboxylic acids is 1. The minimum Gasteiger partial charge on any atom is -0.480 e. The van der Waals surface area contributed by atoms with Crippen molar-refractivity contribution in [1.82, 2.24) is 14.7 Å². The fraction of sp³-hybridized carbons (Fsp3) is 0.611. The van der Waals surface area contributed by atoms with Crippen molar-refractivity contribution in [1.29, 1.82) is 0 Å². The Morgan fingerprint density at radius 2 is 1.58 bits per heavy atom. The molecule has 2 heterocycles. The molecule has 2 saturated carbocycles. The highest BCUT2D eigenvalue weighted by atomic mass is 16.6. The summed E-state index contributed by atoms with van der Waals surface area (Å²) in [6, 6.07) is 20.8. The van der Waals surface area contributed by atoms with Gasteiger partial charge < -0.3 is 19.6 Å². The molecule has 1 amide bonds. The highest BCUT2D eigenvalue weighted by Crippen LogP contribution is 2.40. The van der Waals surface area contributed by atoms with Crippen LogP contribution in [0.25, 0.3) is 0 Å². The number of hydrogen-bond donors (Lipinski definition) is 1. The number of carboxylic acid groups (broad SMARTS) is 1. The summed E-state index contributed by atoms with van der Waals surface area (Å²) in [5, 5.41) is 10.4. The van der Waals surface area contributed by atoms with Gasteiger partial charge in [-0.1, -0.05) is 86.8 Å². The van der Waals surface area contributed by atoms with Crippen molar-refractivity contribution in [3.05, 3.63) is 71.8 Å². The smallest absolute Gasteiger partial charge is 0.410 e. The van der Waals surface area contributed by atoms with Gasteiger partial charge in [0, 0.05) is 50.7 Å². The van der Waals surface area contributed by atoms with Crippen LogP contribution in [0.2, 0.25) is 0 Å². The first-order valence-electron chi connectivity index (χ1n) is 16.7. The van der Waals surface area contributed by atoms with Crippen LogP contribution in [0.15, 0.2) is 60.7 Å². The van der Waals surface area contributed by atoms with Crippen LogP contribution >= 0.6 is 0 Å². The number of rotatable bonds is 10. The molecule has 2 aliphatic carbocycles. The van der Waals surface area contributed by atoms with Crippen LogP contribution in [0, 0.1) is 17.8 Å². The number of carboxylic acids is 1. The number of amides is 1. The van der Waals surface area contributed by atoms with Gasteiger partial charge in [0.2, 0.25) is 0 Å². The van der Waals surface area contributed by atoms with Gasteiger partial charge >= 0.3 is 12.1 Å². The maximum atomic E-state index is 13.3. The number of aliphatic carboxylic acids is 1. The van der Waals surface area contributed by atoms with E-state index in [2.05, 4.69) is 52.0 Å². The quantitative estimate of drug-likeness (QED) is 0.355. The summed E-state index contributed by atoms with van der Waals surface area (Å²) in [6.45, 7) is 7.08. The summed E-state index contributed by atoms with van der Waals surface area (Å²) < 4.78 is 5.81. The minimum atomic E-state index is -0.645. The van der Waals surface area contributed by atoms with Crippen LogP contribution in [0.1, 0.15) is 75.3 Å². The van der Waals surface area contributed by atoms with Gasteiger partial charge in [0.25, 0.3) is 0 Å². The lowest BCUT2D eigenvalue weighted by Gasteiger charge is -2.39. The van der Waals surface area contributed by atoms with Gasteiger partial charge in [-0.2, -0.15) is 0 Å². The largest absolute Gasteiger partial charge is 0.480 e. The van der Waals surface area contributed by atoms with Crippen molar-refractivity contribution in [3.63, 3.8) is 0 Å². The van der Waals surface area contributed by atoms with Crippen molar-refractivity contribution in [2.75, 3.05) is 32.7 Å². The Morgan fingerprint density at radius 3 is 2.21 bits per heavy atom. The summed E-state index contributed by atoms with van der Waals surface area (Å²) in [5.74, 6) is 0.869. The Labute approximate surface area is 257 Å². The third-order valence-corrected chi connectivity index (χ3v) is 10.7. The molecule has 0 radical (unpaired) electrons. The van der Waals surface area contributed by atoms with Gasteiger partial charge in [-0.05, 0) is 61.0 Å². The third-order valence-electron chi connectivity index (χ3n) is 10.7. The molecule has 5 unspecified atom stereocenters. The normalized spacial score (nSPS) is 27.9. The fourth-order valence-electron chi connectivity index (χ4n) is 8.25. The first kappa shape index (κ1) is 30.1. The van der Waals surface area contributed by atoms with E-state index in [0.717, 1.165) is 83.2 Å². The lowest BCUT2D eigenvalue weighted by atomic mass is 9.83. The van der Waals surface area contributed by atoms with E-state index < -0.39 is 5.97 Å². The summed E-state index contributed by atoms with van der Waals surface area (Å²) in [7, 11) is 0. The minimum absolute atomic E-state index is 0.172.